The summed E-state index contributed by atoms with van der Waals surface area (Å²) in [7, 11) is 1.59. The minimum absolute atomic E-state index is 0.0642. The van der Waals surface area contributed by atoms with Crippen LogP contribution in [0.1, 0.15) is 15.2 Å². The highest BCUT2D eigenvalue weighted by atomic mass is 79.9. The number of pyridine rings is 1. The molecule has 3 aromatic rings. The second-order valence-electron chi connectivity index (χ2n) is 5.62. The molecule has 7 nitrogen and oxygen atoms in total. The first kappa shape index (κ1) is 18.3. The number of amides is 2. The number of carbonyl (C=O) groups excluding carboxylic acids is 2. The van der Waals surface area contributed by atoms with Crippen LogP contribution in [0.5, 0.6) is 0 Å². The predicted molar refractivity (Wildman–Crippen MR) is 104 cm³/mol. The third-order valence-corrected chi connectivity index (χ3v) is 5.36. The molecule has 2 amide bonds. The molecule has 0 aliphatic rings. The SMILES string of the molecule is Cc1c(NC(=O)CN(C)C(=O)c2ccc(Br)s2)n[nH]c1-c1ccncc1. The number of hydrogen-bond acceptors (Lipinski definition) is 5. The van der Waals surface area contributed by atoms with Gasteiger partial charge in [-0.05, 0) is 47.1 Å². The molecule has 0 aliphatic heterocycles. The first-order chi connectivity index (χ1) is 12.5. The zero-order valence-corrected chi connectivity index (χ0v) is 16.5. The van der Waals surface area contributed by atoms with Gasteiger partial charge < -0.3 is 10.2 Å². The number of rotatable bonds is 5. The number of halogens is 1. The lowest BCUT2D eigenvalue weighted by molar-refractivity contribution is -0.116. The number of anilines is 1. The summed E-state index contributed by atoms with van der Waals surface area (Å²) in [5, 5.41) is 9.83. The lowest BCUT2D eigenvalue weighted by Crippen LogP contribution is -2.34. The standard InChI is InChI=1S/C17H16BrN5O2S/c1-10-15(11-5-7-19-8-6-11)21-22-16(10)20-14(24)9-23(2)17(25)12-3-4-13(18)26-12/h3-8H,9H2,1-2H3,(H2,20,21,22,24). The van der Waals surface area contributed by atoms with Gasteiger partial charge in [0.1, 0.15) is 0 Å². The Hall–Kier alpha value is -2.52. The number of H-pyrrole nitrogens is 1. The summed E-state index contributed by atoms with van der Waals surface area (Å²) in [6.07, 6.45) is 3.38. The number of carbonyl (C=O) groups is 2. The molecule has 0 aromatic carbocycles. The number of nitrogens with zero attached hydrogens (tertiary/aromatic N) is 3. The Morgan fingerprint density at radius 3 is 2.65 bits per heavy atom. The zero-order valence-electron chi connectivity index (χ0n) is 14.1. The molecular formula is C17H16BrN5O2S. The Morgan fingerprint density at radius 2 is 2.00 bits per heavy atom. The normalized spacial score (nSPS) is 10.6. The summed E-state index contributed by atoms with van der Waals surface area (Å²) in [5.41, 5.74) is 2.57. The lowest BCUT2D eigenvalue weighted by Gasteiger charge is -2.15. The minimum Gasteiger partial charge on any atom is -0.332 e. The van der Waals surface area contributed by atoms with Crippen molar-refractivity contribution in [3.8, 4) is 11.3 Å². The van der Waals surface area contributed by atoms with Crippen LogP contribution in [0.2, 0.25) is 0 Å². The Balaban J connectivity index is 1.65. The van der Waals surface area contributed by atoms with Crippen LogP contribution in [-0.2, 0) is 4.79 Å². The van der Waals surface area contributed by atoms with Crippen LogP contribution in [0.4, 0.5) is 5.82 Å². The van der Waals surface area contributed by atoms with Gasteiger partial charge in [-0.3, -0.25) is 19.7 Å². The van der Waals surface area contributed by atoms with E-state index in [4.69, 9.17) is 0 Å². The third-order valence-electron chi connectivity index (χ3n) is 3.75. The van der Waals surface area contributed by atoms with Crippen molar-refractivity contribution in [3.63, 3.8) is 0 Å². The van der Waals surface area contributed by atoms with Crippen LogP contribution >= 0.6 is 27.3 Å². The molecule has 0 aliphatic carbocycles. The lowest BCUT2D eigenvalue weighted by atomic mass is 10.1. The van der Waals surface area contributed by atoms with Crippen LogP contribution in [0.25, 0.3) is 11.3 Å². The van der Waals surface area contributed by atoms with Crippen LogP contribution in [0.15, 0.2) is 40.4 Å². The van der Waals surface area contributed by atoms with Gasteiger partial charge in [-0.2, -0.15) is 5.10 Å². The van der Waals surface area contributed by atoms with E-state index in [0.717, 1.165) is 20.6 Å². The van der Waals surface area contributed by atoms with E-state index in [0.29, 0.717) is 10.7 Å². The van der Waals surface area contributed by atoms with E-state index >= 15 is 0 Å². The molecule has 9 heteroatoms. The van der Waals surface area contributed by atoms with Crippen molar-refractivity contribution < 1.29 is 9.59 Å². The van der Waals surface area contributed by atoms with E-state index in [9.17, 15) is 9.59 Å². The van der Waals surface area contributed by atoms with E-state index in [1.54, 1.807) is 31.6 Å². The monoisotopic (exact) mass is 433 g/mol. The number of aromatic nitrogens is 3. The van der Waals surface area contributed by atoms with Gasteiger partial charge in [-0.25, -0.2) is 0 Å². The maximum atomic E-state index is 12.3. The van der Waals surface area contributed by atoms with E-state index in [1.807, 2.05) is 19.1 Å². The molecular weight excluding hydrogens is 418 g/mol. The van der Waals surface area contributed by atoms with E-state index in [2.05, 4.69) is 36.4 Å². The first-order valence-corrected chi connectivity index (χ1v) is 9.32. The Bertz CT molecular complexity index is 938. The van der Waals surface area contributed by atoms with Crippen molar-refractivity contribution in [1.29, 1.82) is 0 Å². The number of nitrogens with one attached hydrogen (secondary N) is 2. The van der Waals surface area contributed by atoms with Gasteiger partial charge in [0.25, 0.3) is 5.91 Å². The minimum atomic E-state index is -0.313. The van der Waals surface area contributed by atoms with E-state index in [-0.39, 0.29) is 18.4 Å². The van der Waals surface area contributed by atoms with Gasteiger partial charge in [0.2, 0.25) is 5.91 Å². The molecule has 134 valence electrons. The van der Waals surface area contributed by atoms with Crippen LogP contribution < -0.4 is 5.32 Å². The summed E-state index contributed by atoms with van der Waals surface area (Å²) in [5.74, 6) is -0.0686. The molecule has 0 bridgehead atoms. The summed E-state index contributed by atoms with van der Waals surface area (Å²) in [6, 6.07) is 7.25. The number of thiophene rings is 1. The van der Waals surface area contributed by atoms with Crippen LogP contribution in [0.3, 0.4) is 0 Å². The van der Waals surface area contributed by atoms with Gasteiger partial charge in [-0.15, -0.1) is 11.3 Å². The summed E-state index contributed by atoms with van der Waals surface area (Å²) in [6.45, 7) is 1.80. The Kier molecular flexibility index (Phi) is 5.48. The molecule has 0 unspecified atom stereocenters. The van der Waals surface area contributed by atoms with Gasteiger partial charge in [0.15, 0.2) is 5.82 Å². The molecule has 0 saturated heterocycles. The average molecular weight is 434 g/mol. The molecule has 0 fully saturated rings. The van der Waals surface area contributed by atoms with Gasteiger partial charge in [-0.1, -0.05) is 0 Å². The highest BCUT2D eigenvalue weighted by Gasteiger charge is 2.18. The fourth-order valence-corrected chi connectivity index (χ4v) is 3.78. The largest absolute Gasteiger partial charge is 0.332 e. The number of aromatic amines is 1. The number of hydrogen-bond donors (Lipinski definition) is 2. The first-order valence-electron chi connectivity index (χ1n) is 7.71. The molecule has 3 heterocycles. The van der Waals surface area contributed by atoms with Crippen molar-refractivity contribution >= 4 is 44.9 Å². The van der Waals surface area contributed by atoms with Gasteiger partial charge in [0.05, 0.1) is 20.9 Å². The van der Waals surface area contributed by atoms with Crippen molar-refractivity contribution in [2.75, 3.05) is 18.9 Å². The van der Waals surface area contributed by atoms with Gasteiger partial charge >= 0.3 is 0 Å². The van der Waals surface area contributed by atoms with Crippen LogP contribution in [0, 0.1) is 6.92 Å². The second kappa shape index (κ2) is 7.79. The predicted octanol–water partition coefficient (Wildman–Crippen LogP) is 3.31. The smallest absolute Gasteiger partial charge is 0.264 e. The van der Waals surface area contributed by atoms with E-state index < -0.39 is 0 Å². The van der Waals surface area contributed by atoms with Crippen molar-refractivity contribution in [2.45, 2.75) is 6.92 Å². The molecule has 3 aromatic heterocycles. The molecule has 0 saturated carbocycles. The molecule has 0 atom stereocenters. The number of likely N-dealkylation sites (N-methyl/N-ethyl adjacent to an activating group) is 1. The highest BCUT2D eigenvalue weighted by Crippen LogP contribution is 2.25. The summed E-state index contributed by atoms with van der Waals surface area (Å²) >= 11 is 4.66. The average Bonchev–Trinajstić information content (AvgIpc) is 3.21. The molecule has 2 N–H and O–H groups in total. The third kappa shape index (κ3) is 4.00. The quantitative estimate of drug-likeness (QED) is 0.645. The zero-order chi connectivity index (χ0) is 18.7. The van der Waals surface area contributed by atoms with Crippen LogP contribution in [-0.4, -0.2) is 45.5 Å². The highest BCUT2D eigenvalue weighted by molar-refractivity contribution is 9.11. The molecule has 0 spiro atoms. The summed E-state index contributed by atoms with van der Waals surface area (Å²) in [4.78, 5) is 30.5. The van der Waals surface area contributed by atoms with Crippen molar-refractivity contribution in [1.82, 2.24) is 20.1 Å². The van der Waals surface area contributed by atoms with Crippen molar-refractivity contribution in [3.05, 3.63) is 50.9 Å². The maximum Gasteiger partial charge on any atom is 0.264 e. The summed E-state index contributed by atoms with van der Waals surface area (Å²) < 4.78 is 0.870. The topological polar surface area (TPSA) is 91.0 Å². The Labute approximate surface area is 162 Å². The maximum absolute atomic E-state index is 12.3. The Morgan fingerprint density at radius 1 is 1.27 bits per heavy atom. The molecule has 26 heavy (non-hydrogen) atoms. The molecule has 3 rings (SSSR count). The fourth-order valence-electron chi connectivity index (χ4n) is 2.40. The van der Waals surface area contributed by atoms with Gasteiger partial charge in [0, 0.05) is 30.6 Å². The molecule has 0 radical (unpaired) electrons. The fraction of sp³-hybridized carbons (Fsp3) is 0.176. The van der Waals surface area contributed by atoms with Crippen molar-refractivity contribution in [2.24, 2.45) is 0 Å². The van der Waals surface area contributed by atoms with E-state index in [1.165, 1.54) is 16.2 Å². The second-order valence-corrected chi connectivity index (χ2v) is 8.08.